The molecule has 1 aromatic carbocycles. The van der Waals surface area contributed by atoms with Crippen LogP contribution in [0.15, 0.2) is 29.3 Å². The molecule has 0 bridgehead atoms. The molecule has 1 saturated heterocycles. The minimum Gasteiger partial charge on any atom is -0.497 e. The summed E-state index contributed by atoms with van der Waals surface area (Å²) in [7, 11) is 3.57. The molecule has 0 aliphatic carbocycles. The lowest BCUT2D eigenvalue weighted by Gasteiger charge is -2.21. The lowest BCUT2D eigenvalue weighted by atomic mass is 10.0. The van der Waals surface area contributed by atoms with Crippen molar-refractivity contribution >= 4 is 11.6 Å². The highest BCUT2D eigenvalue weighted by molar-refractivity contribution is 5.79. The Bertz CT molecular complexity index is 573. The predicted octanol–water partition coefficient (Wildman–Crippen LogP) is 3.51. The van der Waals surface area contributed by atoms with E-state index in [2.05, 4.69) is 59.5 Å². The second-order valence-electron chi connectivity index (χ2n) is 7.77. The van der Waals surface area contributed by atoms with E-state index >= 15 is 0 Å². The van der Waals surface area contributed by atoms with Crippen LogP contribution in [-0.2, 0) is 0 Å². The number of hydrogen-bond donors (Lipinski definition) is 2. The molecule has 1 aromatic rings. The highest BCUT2D eigenvalue weighted by Gasteiger charge is 2.23. The predicted molar refractivity (Wildman–Crippen MR) is 111 cm³/mol. The molecule has 0 radical (unpaired) electrons. The second kappa shape index (κ2) is 10.3. The molecule has 2 atom stereocenters. The summed E-state index contributed by atoms with van der Waals surface area (Å²) in [5.74, 6) is 3.21. The van der Waals surface area contributed by atoms with Crippen LogP contribution >= 0.6 is 0 Å². The molecule has 1 aliphatic heterocycles. The van der Waals surface area contributed by atoms with Gasteiger partial charge in [-0.3, -0.25) is 4.99 Å². The SMILES string of the molecule is CN=C(NCC1CCN(c2cccc(OC)c2)C1)NC(C)CCC(C)C. The minimum atomic E-state index is 0.445. The Morgan fingerprint density at radius 2 is 2.12 bits per heavy atom. The van der Waals surface area contributed by atoms with Crippen molar-refractivity contribution < 1.29 is 4.74 Å². The Kier molecular flexibility index (Phi) is 8.07. The quantitative estimate of drug-likeness (QED) is 0.550. The number of anilines is 1. The summed E-state index contributed by atoms with van der Waals surface area (Å²) in [5.41, 5.74) is 1.25. The molecule has 146 valence electrons. The normalized spacial score (nSPS) is 18.9. The number of aliphatic imine (C=N–C) groups is 1. The van der Waals surface area contributed by atoms with Gasteiger partial charge in [0.25, 0.3) is 0 Å². The molecule has 0 spiro atoms. The van der Waals surface area contributed by atoms with Gasteiger partial charge < -0.3 is 20.3 Å². The maximum absolute atomic E-state index is 5.34. The van der Waals surface area contributed by atoms with Gasteiger partial charge in [0.2, 0.25) is 0 Å². The molecule has 2 N–H and O–H groups in total. The van der Waals surface area contributed by atoms with Crippen molar-refractivity contribution in [3.8, 4) is 5.75 Å². The molecule has 1 aliphatic rings. The smallest absolute Gasteiger partial charge is 0.191 e. The number of nitrogens with zero attached hydrogens (tertiary/aromatic N) is 2. The van der Waals surface area contributed by atoms with Crippen LogP contribution in [0.2, 0.25) is 0 Å². The topological polar surface area (TPSA) is 48.9 Å². The monoisotopic (exact) mass is 360 g/mol. The minimum absolute atomic E-state index is 0.445. The molecule has 2 unspecified atom stereocenters. The second-order valence-corrected chi connectivity index (χ2v) is 7.77. The Labute approximate surface area is 159 Å². The zero-order valence-electron chi connectivity index (χ0n) is 17.1. The summed E-state index contributed by atoms with van der Waals surface area (Å²) in [6.45, 7) is 9.89. The van der Waals surface area contributed by atoms with Crippen LogP contribution in [0.4, 0.5) is 5.69 Å². The highest BCUT2D eigenvalue weighted by Crippen LogP contribution is 2.26. The van der Waals surface area contributed by atoms with Gasteiger partial charge in [0.05, 0.1) is 7.11 Å². The van der Waals surface area contributed by atoms with Crippen molar-refractivity contribution in [2.45, 2.75) is 46.1 Å². The van der Waals surface area contributed by atoms with Crippen LogP contribution in [-0.4, -0.2) is 45.8 Å². The van der Waals surface area contributed by atoms with Crippen molar-refractivity contribution in [1.29, 1.82) is 0 Å². The lowest BCUT2D eigenvalue weighted by Crippen LogP contribution is -2.44. The summed E-state index contributed by atoms with van der Waals surface area (Å²) in [5, 5.41) is 7.02. The molecule has 1 heterocycles. The average Bonchev–Trinajstić information content (AvgIpc) is 3.12. The summed E-state index contributed by atoms with van der Waals surface area (Å²) >= 11 is 0. The van der Waals surface area contributed by atoms with Crippen molar-refractivity contribution in [3.05, 3.63) is 24.3 Å². The van der Waals surface area contributed by atoms with E-state index in [-0.39, 0.29) is 0 Å². The lowest BCUT2D eigenvalue weighted by molar-refractivity contribution is 0.415. The van der Waals surface area contributed by atoms with Crippen LogP contribution < -0.4 is 20.3 Å². The molecular formula is C21H36N4O. The molecule has 2 rings (SSSR count). The fraction of sp³-hybridized carbons (Fsp3) is 0.667. The van der Waals surface area contributed by atoms with Crippen molar-refractivity contribution in [2.75, 3.05) is 38.7 Å². The van der Waals surface area contributed by atoms with Crippen molar-refractivity contribution in [2.24, 2.45) is 16.8 Å². The van der Waals surface area contributed by atoms with Crippen molar-refractivity contribution in [3.63, 3.8) is 0 Å². The van der Waals surface area contributed by atoms with Gasteiger partial charge in [-0.05, 0) is 50.2 Å². The van der Waals surface area contributed by atoms with Gasteiger partial charge >= 0.3 is 0 Å². The largest absolute Gasteiger partial charge is 0.497 e. The van der Waals surface area contributed by atoms with Gasteiger partial charge in [-0.25, -0.2) is 0 Å². The van der Waals surface area contributed by atoms with Gasteiger partial charge in [0.1, 0.15) is 5.75 Å². The summed E-state index contributed by atoms with van der Waals surface area (Å²) < 4.78 is 5.34. The number of guanidine groups is 1. The first-order valence-corrected chi connectivity index (χ1v) is 9.88. The Morgan fingerprint density at radius 3 is 2.81 bits per heavy atom. The van der Waals surface area contributed by atoms with Gasteiger partial charge in [0, 0.05) is 44.5 Å². The van der Waals surface area contributed by atoms with E-state index < -0.39 is 0 Å². The number of ether oxygens (including phenoxy) is 1. The Balaban J connectivity index is 1.77. The number of nitrogens with one attached hydrogen (secondary N) is 2. The van der Waals surface area contributed by atoms with Crippen LogP contribution in [0.1, 0.15) is 40.0 Å². The van der Waals surface area contributed by atoms with E-state index in [0.717, 1.165) is 37.3 Å². The van der Waals surface area contributed by atoms with E-state index in [9.17, 15) is 0 Å². The zero-order valence-corrected chi connectivity index (χ0v) is 17.1. The summed E-state index contributed by atoms with van der Waals surface area (Å²) in [4.78, 5) is 6.82. The van der Waals surface area contributed by atoms with Gasteiger partial charge in [-0.2, -0.15) is 0 Å². The first-order valence-electron chi connectivity index (χ1n) is 9.88. The number of benzene rings is 1. The third-order valence-electron chi connectivity index (χ3n) is 5.05. The molecule has 5 nitrogen and oxygen atoms in total. The number of hydrogen-bond acceptors (Lipinski definition) is 3. The highest BCUT2D eigenvalue weighted by atomic mass is 16.5. The summed E-state index contributed by atoms with van der Waals surface area (Å²) in [6, 6.07) is 8.78. The zero-order chi connectivity index (χ0) is 18.9. The van der Waals surface area contributed by atoms with E-state index in [1.165, 1.54) is 24.9 Å². The van der Waals surface area contributed by atoms with Gasteiger partial charge in [0.15, 0.2) is 5.96 Å². The molecule has 0 amide bonds. The first kappa shape index (κ1) is 20.4. The Morgan fingerprint density at radius 1 is 1.31 bits per heavy atom. The van der Waals surface area contributed by atoms with Crippen LogP contribution in [0, 0.1) is 11.8 Å². The van der Waals surface area contributed by atoms with E-state index in [1.54, 1.807) is 7.11 Å². The first-order chi connectivity index (χ1) is 12.5. The van der Waals surface area contributed by atoms with Crippen molar-refractivity contribution in [1.82, 2.24) is 10.6 Å². The van der Waals surface area contributed by atoms with Crippen LogP contribution in [0.25, 0.3) is 0 Å². The molecule has 0 aromatic heterocycles. The molecule has 5 heteroatoms. The standard InChI is InChI=1S/C21H36N4O/c1-16(2)9-10-17(3)24-21(22-4)23-14-18-11-12-25(15-18)19-7-6-8-20(13-19)26-5/h6-8,13,16-18H,9-12,14-15H2,1-5H3,(H2,22,23,24). The number of methoxy groups -OCH3 is 1. The van der Waals surface area contributed by atoms with Crippen LogP contribution in [0.5, 0.6) is 5.75 Å². The maximum Gasteiger partial charge on any atom is 0.191 e. The molecule has 1 fully saturated rings. The maximum atomic E-state index is 5.34. The fourth-order valence-electron chi connectivity index (χ4n) is 3.37. The Hall–Kier alpha value is -1.91. The average molecular weight is 361 g/mol. The molecule has 0 saturated carbocycles. The fourth-order valence-corrected chi connectivity index (χ4v) is 3.37. The van der Waals surface area contributed by atoms with Gasteiger partial charge in [-0.15, -0.1) is 0 Å². The van der Waals surface area contributed by atoms with E-state index in [0.29, 0.717) is 12.0 Å². The van der Waals surface area contributed by atoms with Gasteiger partial charge in [-0.1, -0.05) is 19.9 Å². The molecular weight excluding hydrogens is 324 g/mol. The van der Waals surface area contributed by atoms with Crippen LogP contribution in [0.3, 0.4) is 0 Å². The number of rotatable bonds is 8. The van der Waals surface area contributed by atoms with E-state index in [4.69, 9.17) is 4.74 Å². The van der Waals surface area contributed by atoms with E-state index in [1.807, 2.05) is 13.1 Å². The molecule has 26 heavy (non-hydrogen) atoms. The third-order valence-corrected chi connectivity index (χ3v) is 5.05. The summed E-state index contributed by atoms with van der Waals surface area (Å²) in [6.07, 6.45) is 3.61. The third kappa shape index (κ3) is 6.43.